The fourth-order valence-electron chi connectivity index (χ4n) is 1.96. The Hall–Kier alpha value is -1.16. The summed E-state index contributed by atoms with van der Waals surface area (Å²) in [5.74, 6) is 2.02. The molecular weight excluding hydrogens is 190 g/mol. The van der Waals surface area contributed by atoms with Crippen LogP contribution in [-0.4, -0.2) is 35.2 Å². The smallest absolute Gasteiger partial charge is 0.254 e. The molecule has 82 valence electrons. The number of hydrogen-bond donors (Lipinski definition) is 0. The van der Waals surface area contributed by atoms with E-state index in [4.69, 9.17) is 4.52 Å². The van der Waals surface area contributed by atoms with Crippen molar-refractivity contribution in [3.05, 3.63) is 17.8 Å². The summed E-state index contributed by atoms with van der Waals surface area (Å²) in [6.07, 6.45) is 3.05. The monoisotopic (exact) mass is 207 g/mol. The Morgan fingerprint density at radius 3 is 3.00 bits per heavy atom. The summed E-state index contributed by atoms with van der Waals surface area (Å²) < 4.78 is 5.24. The Morgan fingerprint density at radius 2 is 2.40 bits per heavy atom. The zero-order valence-electron chi connectivity index (χ0n) is 9.53. The Bertz CT molecular complexity index is 370. The highest BCUT2D eigenvalue weighted by Crippen LogP contribution is 2.21. The van der Waals surface area contributed by atoms with Crippen molar-refractivity contribution in [3.63, 3.8) is 0 Å². The van der Waals surface area contributed by atoms with Gasteiger partial charge in [0.1, 0.15) is 0 Å². The van der Waals surface area contributed by atoms with Crippen LogP contribution in [0.15, 0.2) is 10.6 Å². The van der Waals surface area contributed by atoms with Crippen molar-refractivity contribution in [1.29, 1.82) is 0 Å². The third-order valence-corrected chi connectivity index (χ3v) is 2.58. The molecule has 1 aliphatic rings. The number of aromatic nitrogens is 2. The molecule has 4 heteroatoms. The van der Waals surface area contributed by atoms with Gasteiger partial charge in [0.2, 0.25) is 0 Å². The van der Waals surface area contributed by atoms with Crippen molar-refractivity contribution in [2.45, 2.75) is 20.3 Å². The lowest BCUT2D eigenvalue weighted by molar-refractivity contribution is 0.321. The van der Waals surface area contributed by atoms with Crippen LogP contribution in [0.25, 0.3) is 5.57 Å². The van der Waals surface area contributed by atoms with E-state index in [-0.39, 0.29) is 0 Å². The van der Waals surface area contributed by atoms with Gasteiger partial charge in [0, 0.05) is 25.1 Å². The number of aryl methyl sites for hydroxylation is 1. The first-order valence-electron chi connectivity index (χ1n) is 5.41. The normalized spacial score (nSPS) is 22.9. The Kier molecular flexibility index (Phi) is 2.86. The molecule has 2 rings (SSSR count). The van der Waals surface area contributed by atoms with Crippen molar-refractivity contribution >= 4 is 5.57 Å². The highest BCUT2D eigenvalue weighted by atomic mass is 16.5. The quantitative estimate of drug-likeness (QED) is 0.738. The maximum absolute atomic E-state index is 5.24. The molecule has 2 heterocycles. The second kappa shape index (κ2) is 4.14. The molecule has 0 aromatic carbocycles. The molecule has 0 bridgehead atoms. The van der Waals surface area contributed by atoms with E-state index in [1.54, 1.807) is 0 Å². The molecule has 0 saturated carbocycles. The molecule has 0 saturated heterocycles. The van der Waals surface area contributed by atoms with Gasteiger partial charge in [0.25, 0.3) is 5.89 Å². The molecule has 15 heavy (non-hydrogen) atoms. The van der Waals surface area contributed by atoms with Crippen LogP contribution >= 0.6 is 0 Å². The highest BCUT2D eigenvalue weighted by Gasteiger charge is 2.19. The molecular formula is C11H17N3O. The van der Waals surface area contributed by atoms with Gasteiger partial charge >= 0.3 is 0 Å². The lowest BCUT2D eigenvalue weighted by Crippen LogP contribution is -2.29. The summed E-state index contributed by atoms with van der Waals surface area (Å²) in [6.45, 7) is 6.22. The molecule has 0 amide bonds. The lowest BCUT2D eigenvalue weighted by Gasteiger charge is -2.25. The van der Waals surface area contributed by atoms with Gasteiger partial charge < -0.3 is 9.42 Å². The van der Waals surface area contributed by atoms with E-state index in [0.29, 0.717) is 11.8 Å². The molecule has 0 spiro atoms. The molecule has 1 aliphatic heterocycles. The van der Waals surface area contributed by atoms with Crippen LogP contribution in [0.4, 0.5) is 0 Å². The Balaban J connectivity index is 2.22. The second-order valence-corrected chi connectivity index (χ2v) is 4.24. The van der Waals surface area contributed by atoms with Gasteiger partial charge in [-0.25, -0.2) is 0 Å². The van der Waals surface area contributed by atoms with Crippen LogP contribution in [-0.2, 0) is 6.42 Å². The average Bonchev–Trinajstić information content (AvgIpc) is 2.64. The van der Waals surface area contributed by atoms with Gasteiger partial charge in [-0.05, 0) is 13.0 Å². The first kappa shape index (κ1) is 10.4. The largest absolute Gasteiger partial charge is 0.334 e. The summed E-state index contributed by atoms with van der Waals surface area (Å²) >= 11 is 0. The molecule has 1 unspecified atom stereocenters. The SMILES string of the molecule is CCc1noc(C2=CC(C)CN(C)C2)n1. The van der Waals surface area contributed by atoms with Crippen LogP contribution in [0.3, 0.4) is 0 Å². The second-order valence-electron chi connectivity index (χ2n) is 4.24. The van der Waals surface area contributed by atoms with Crippen molar-refractivity contribution in [2.24, 2.45) is 5.92 Å². The van der Waals surface area contributed by atoms with Crippen LogP contribution in [0, 0.1) is 5.92 Å². The Morgan fingerprint density at radius 1 is 1.60 bits per heavy atom. The maximum Gasteiger partial charge on any atom is 0.254 e. The fraction of sp³-hybridized carbons (Fsp3) is 0.636. The summed E-state index contributed by atoms with van der Waals surface area (Å²) in [5, 5.41) is 3.91. The first-order valence-corrected chi connectivity index (χ1v) is 5.41. The van der Waals surface area contributed by atoms with Gasteiger partial charge in [-0.1, -0.05) is 25.1 Å². The topological polar surface area (TPSA) is 42.2 Å². The van der Waals surface area contributed by atoms with Gasteiger partial charge in [-0.2, -0.15) is 4.98 Å². The van der Waals surface area contributed by atoms with Gasteiger partial charge in [0.05, 0.1) is 0 Å². The zero-order valence-corrected chi connectivity index (χ0v) is 9.53. The van der Waals surface area contributed by atoms with E-state index in [1.165, 1.54) is 0 Å². The van der Waals surface area contributed by atoms with Crippen molar-refractivity contribution < 1.29 is 4.52 Å². The van der Waals surface area contributed by atoms with Gasteiger partial charge in [0.15, 0.2) is 5.82 Å². The third-order valence-electron chi connectivity index (χ3n) is 2.58. The summed E-state index contributed by atoms with van der Waals surface area (Å²) in [7, 11) is 2.11. The molecule has 1 aromatic rings. The first-order chi connectivity index (χ1) is 7.19. The highest BCUT2D eigenvalue weighted by molar-refractivity contribution is 5.61. The fourth-order valence-corrected chi connectivity index (χ4v) is 1.96. The average molecular weight is 207 g/mol. The van der Waals surface area contributed by atoms with E-state index < -0.39 is 0 Å². The number of nitrogens with zero attached hydrogens (tertiary/aromatic N) is 3. The van der Waals surface area contributed by atoms with Crippen LogP contribution in [0.2, 0.25) is 0 Å². The minimum atomic E-state index is 0.552. The van der Waals surface area contributed by atoms with Gasteiger partial charge in [-0.15, -0.1) is 0 Å². The minimum absolute atomic E-state index is 0.552. The van der Waals surface area contributed by atoms with Crippen molar-refractivity contribution in [1.82, 2.24) is 15.0 Å². The standard InChI is InChI=1S/C11H17N3O/c1-4-10-12-11(15-13-10)9-5-8(2)6-14(3)7-9/h5,8H,4,6-7H2,1-3H3. The molecule has 0 fully saturated rings. The van der Waals surface area contributed by atoms with Crippen LogP contribution in [0.1, 0.15) is 25.6 Å². The number of likely N-dealkylation sites (N-methyl/N-ethyl adjacent to an activating group) is 1. The molecule has 0 radical (unpaired) electrons. The number of rotatable bonds is 2. The molecule has 1 aromatic heterocycles. The van der Waals surface area contributed by atoms with E-state index in [2.05, 4.69) is 35.1 Å². The van der Waals surface area contributed by atoms with Crippen molar-refractivity contribution in [3.8, 4) is 0 Å². The van der Waals surface area contributed by atoms with Crippen LogP contribution < -0.4 is 0 Å². The predicted octanol–water partition coefficient (Wildman–Crippen LogP) is 1.60. The summed E-state index contributed by atoms with van der Waals surface area (Å²) in [4.78, 5) is 6.62. The summed E-state index contributed by atoms with van der Waals surface area (Å²) in [6, 6.07) is 0. The molecule has 0 N–H and O–H groups in total. The molecule has 0 aliphatic carbocycles. The lowest BCUT2D eigenvalue weighted by atomic mass is 10.0. The summed E-state index contributed by atoms with van der Waals surface area (Å²) in [5.41, 5.74) is 1.16. The van der Waals surface area contributed by atoms with E-state index in [9.17, 15) is 0 Å². The van der Waals surface area contributed by atoms with Gasteiger partial charge in [-0.3, -0.25) is 0 Å². The third kappa shape index (κ3) is 2.26. The van der Waals surface area contributed by atoms with Crippen molar-refractivity contribution in [2.75, 3.05) is 20.1 Å². The number of hydrogen-bond acceptors (Lipinski definition) is 4. The maximum atomic E-state index is 5.24. The zero-order chi connectivity index (χ0) is 10.8. The minimum Gasteiger partial charge on any atom is -0.334 e. The van der Waals surface area contributed by atoms with E-state index >= 15 is 0 Å². The van der Waals surface area contributed by atoms with E-state index in [1.807, 2.05) is 6.92 Å². The van der Waals surface area contributed by atoms with E-state index in [0.717, 1.165) is 30.9 Å². The predicted molar refractivity (Wildman–Crippen MR) is 58.3 cm³/mol. The van der Waals surface area contributed by atoms with Crippen LogP contribution in [0.5, 0.6) is 0 Å². The molecule has 1 atom stereocenters. The molecule has 4 nitrogen and oxygen atoms in total. The Labute approximate surface area is 90.0 Å².